The van der Waals surface area contributed by atoms with Crippen molar-refractivity contribution in [1.29, 1.82) is 0 Å². The van der Waals surface area contributed by atoms with Crippen molar-refractivity contribution in [3.05, 3.63) is 39.3 Å². The van der Waals surface area contributed by atoms with Gasteiger partial charge < -0.3 is 10.1 Å². The second-order valence-corrected chi connectivity index (χ2v) is 5.15. The van der Waals surface area contributed by atoms with Crippen LogP contribution in [0.1, 0.15) is 12.7 Å². The average Bonchev–Trinajstić information content (AvgIpc) is 2.68. The van der Waals surface area contributed by atoms with E-state index < -0.39 is 4.92 Å². The third-order valence-corrected chi connectivity index (χ3v) is 3.76. The first-order valence-corrected chi connectivity index (χ1v) is 6.73. The predicted octanol–water partition coefficient (Wildman–Crippen LogP) is 3.32. The second kappa shape index (κ2) is 5.58. The summed E-state index contributed by atoms with van der Waals surface area (Å²) in [5, 5.41) is 12.7. The van der Waals surface area contributed by atoms with E-state index in [1.54, 1.807) is 23.6 Å². The molecule has 0 spiro atoms. The summed E-state index contributed by atoms with van der Waals surface area (Å²) >= 11 is 6.97. The molecule has 2 aromatic rings. The van der Waals surface area contributed by atoms with Crippen LogP contribution in [0.4, 0.5) is 5.82 Å². The van der Waals surface area contributed by atoms with Gasteiger partial charge in [0.1, 0.15) is 5.03 Å². The molecule has 0 saturated heterocycles. The van der Waals surface area contributed by atoms with Crippen LogP contribution in [0.3, 0.4) is 0 Å². The van der Waals surface area contributed by atoms with Gasteiger partial charge in [-0.2, -0.15) is 0 Å². The maximum Gasteiger partial charge on any atom is 0.396 e. The average molecular weight is 299 g/mol. The fourth-order valence-electron chi connectivity index (χ4n) is 1.64. The molecule has 0 fully saturated rings. The molecule has 0 aliphatic heterocycles. The molecule has 6 nitrogen and oxygen atoms in total. The van der Waals surface area contributed by atoms with E-state index in [1.165, 1.54) is 18.0 Å². The van der Waals surface area contributed by atoms with Crippen molar-refractivity contribution in [2.45, 2.75) is 30.4 Å². The molecule has 2 rings (SSSR count). The first-order valence-electron chi connectivity index (χ1n) is 5.53. The van der Waals surface area contributed by atoms with E-state index in [0.29, 0.717) is 27.4 Å². The fourth-order valence-corrected chi connectivity index (χ4v) is 2.78. The van der Waals surface area contributed by atoms with Crippen molar-refractivity contribution >= 4 is 29.2 Å². The van der Waals surface area contributed by atoms with E-state index in [-0.39, 0.29) is 5.82 Å². The molecule has 0 aliphatic carbocycles. The quantitative estimate of drug-likeness (QED) is 0.639. The molecule has 19 heavy (non-hydrogen) atoms. The molecule has 100 valence electrons. The molecule has 0 unspecified atom stereocenters. The standard InChI is InChI=1S/C11H11ClN4O2S/c1-3-15-7(2)14-10(16(17)18)11(15)19-9-5-4-8(12)6-13-9/h4-6H,3H2,1-2H3. The van der Waals surface area contributed by atoms with Crippen molar-refractivity contribution in [3.8, 4) is 0 Å². The molecule has 0 aromatic carbocycles. The van der Waals surface area contributed by atoms with Crippen LogP contribution >= 0.6 is 23.4 Å². The molecular weight excluding hydrogens is 288 g/mol. The highest BCUT2D eigenvalue weighted by Gasteiger charge is 2.25. The number of nitrogens with zero attached hydrogens (tertiary/aromatic N) is 4. The van der Waals surface area contributed by atoms with E-state index >= 15 is 0 Å². The summed E-state index contributed by atoms with van der Waals surface area (Å²) < 4.78 is 1.79. The van der Waals surface area contributed by atoms with Crippen molar-refractivity contribution in [3.63, 3.8) is 0 Å². The Labute approximate surface area is 119 Å². The van der Waals surface area contributed by atoms with Gasteiger partial charge in [-0.3, -0.25) is 4.57 Å². The molecule has 0 atom stereocenters. The highest BCUT2D eigenvalue weighted by Crippen LogP contribution is 2.34. The number of rotatable bonds is 4. The maximum atomic E-state index is 11.0. The van der Waals surface area contributed by atoms with E-state index in [4.69, 9.17) is 11.6 Å². The van der Waals surface area contributed by atoms with Crippen molar-refractivity contribution in [2.75, 3.05) is 0 Å². The molecule has 0 bridgehead atoms. The van der Waals surface area contributed by atoms with E-state index in [1.807, 2.05) is 6.92 Å². The largest absolute Gasteiger partial charge is 0.396 e. The summed E-state index contributed by atoms with van der Waals surface area (Å²) in [6, 6.07) is 3.42. The number of hydrogen-bond donors (Lipinski definition) is 0. The lowest BCUT2D eigenvalue weighted by atomic mass is 10.5. The van der Waals surface area contributed by atoms with Crippen LogP contribution < -0.4 is 0 Å². The van der Waals surface area contributed by atoms with Crippen molar-refractivity contribution < 1.29 is 4.92 Å². The normalized spacial score (nSPS) is 10.7. The number of imidazole rings is 1. The van der Waals surface area contributed by atoms with Gasteiger partial charge in [0.2, 0.25) is 5.82 Å². The second-order valence-electron chi connectivity index (χ2n) is 3.71. The molecule has 2 heterocycles. The van der Waals surface area contributed by atoms with E-state index in [9.17, 15) is 10.1 Å². The lowest BCUT2D eigenvalue weighted by Gasteiger charge is -2.04. The van der Waals surface area contributed by atoms with Gasteiger partial charge in [0.15, 0.2) is 5.03 Å². The Morgan fingerprint density at radius 2 is 2.26 bits per heavy atom. The molecule has 0 N–H and O–H groups in total. The first kappa shape index (κ1) is 13.8. The van der Waals surface area contributed by atoms with Gasteiger partial charge >= 0.3 is 5.82 Å². The van der Waals surface area contributed by atoms with Crippen LogP contribution in [-0.2, 0) is 6.54 Å². The van der Waals surface area contributed by atoms with Gasteiger partial charge in [0, 0.05) is 19.7 Å². The fraction of sp³-hybridized carbons (Fsp3) is 0.273. The molecule has 0 aliphatic rings. The zero-order valence-electron chi connectivity index (χ0n) is 10.3. The summed E-state index contributed by atoms with van der Waals surface area (Å²) in [6.45, 7) is 4.27. The highest BCUT2D eigenvalue weighted by atomic mass is 35.5. The monoisotopic (exact) mass is 298 g/mol. The van der Waals surface area contributed by atoms with Crippen molar-refractivity contribution in [1.82, 2.24) is 14.5 Å². The maximum absolute atomic E-state index is 11.0. The number of aromatic nitrogens is 3. The minimum Gasteiger partial charge on any atom is -0.358 e. The number of halogens is 1. The Morgan fingerprint density at radius 3 is 2.79 bits per heavy atom. The first-order chi connectivity index (χ1) is 9.02. The third kappa shape index (κ3) is 2.87. The van der Waals surface area contributed by atoms with Crippen LogP contribution in [0.2, 0.25) is 5.02 Å². The summed E-state index contributed by atoms with van der Waals surface area (Å²) in [5.74, 6) is 0.478. The Morgan fingerprint density at radius 1 is 1.53 bits per heavy atom. The molecular formula is C11H11ClN4O2S. The molecule has 0 saturated carbocycles. The zero-order chi connectivity index (χ0) is 14.0. The van der Waals surface area contributed by atoms with Crippen LogP contribution in [-0.4, -0.2) is 19.5 Å². The Bertz CT molecular complexity index is 612. The Balaban J connectivity index is 2.43. The van der Waals surface area contributed by atoms with Gasteiger partial charge in [-0.25, -0.2) is 4.98 Å². The van der Waals surface area contributed by atoms with E-state index in [0.717, 1.165) is 0 Å². The van der Waals surface area contributed by atoms with Gasteiger partial charge in [-0.15, -0.1) is 0 Å². The predicted molar refractivity (Wildman–Crippen MR) is 72.7 cm³/mol. The van der Waals surface area contributed by atoms with Gasteiger partial charge in [-0.05, 0) is 40.7 Å². The highest BCUT2D eigenvalue weighted by molar-refractivity contribution is 7.99. The zero-order valence-corrected chi connectivity index (χ0v) is 11.9. The van der Waals surface area contributed by atoms with Gasteiger partial charge in [0.25, 0.3) is 0 Å². The van der Waals surface area contributed by atoms with Crippen LogP contribution in [0.25, 0.3) is 0 Å². The van der Waals surface area contributed by atoms with E-state index in [2.05, 4.69) is 9.97 Å². The SMILES string of the molecule is CCn1c(C)nc([N+](=O)[O-])c1Sc1ccc(Cl)cn1. The van der Waals surface area contributed by atoms with Crippen LogP contribution in [0.15, 0.2) is 28.4 Å². The number of nitro groups is 1. The lowest BCUT2D eigenvalue weighted by Crippen LogP contribution is -1.99. The number of hydrogen-bond acceptors (Lipinski definition) is 5. The smallest absolute Gasteiger partial charge is 0.358 e. The molecule has 8 heteroatoms. The Kier molecular flexibility index (Phi) is 4.06. The Hall–Kier alpha value is -1.60. The molecule has 0 radical (unpaired) electrons. The van der Waals surface area contributed by atoms with Crippen LogP contribution in [0.5, 0.6) is 0 Å². The summed E-state index contributed by atoms with van der Waals surface area (Å²) in [7, 11) is 0. The lowest BCUT2D eigenvalue weighted by molar-refractivity contribution is -0.392. The third-order valence-electron chi connectivity index (χ3n) is 2.49. The number of aryl methyl sites for hydroxylation is 1. The minimum absolute atomic E-state index is 0.138. The van der Waals surface area contributed by atoms with Crippen LogP contribution in [0, 0.1) is 17.0 Å². The topological polar surface area (TPSA) is 73.8 Å². The summed E-state index contributed by atoms with van der Waals surface area (Å²) in [4.78, 5) is 18.7. The van der Waals surface area contributed by atoms with Crippen molar-refractivity contribution in [2.24, 2.45) is 0 Å². The van der Waals surface area contributed by atoms with Gasteiger partial charge in [-0.1, -0.05) is 11.6 Å². The molecule has 2 aromatic heterocycles. The van der Waals surface area contributed by atoms with Gasteiger partial charge in [0.05, 0.1) is 5.02 Å². The summed E-state index contributed by atoms with van der Waals surface area (Å²) in [5.41, 5.74) is 0. The molecule has 0 amide bonds. The number of pyridine rings is 1. The minimum atomic E-state index is -0.475. The summed E-state index contributed by atoms with van der Waals surface area (Å²) in [6.07, 6.45) is 1.51.